The minimum absolute atomic E-state index is 0.542. The second-order valence-corrected chi connectivity index (χ2v) is 5.59. The van der Waals surface area contributed by atoms with Crippen LogP contribution in [0.3, 0.4) is 0 Å². The predicted octanol–water partition coefficient (Wildman–Crippen LogP) is 4.78. The van der Waals surface area contributed by atoms with Crippen molar-refractivity contribution in [2.45, 2.75) is 32.1 Å². The average molecular weight is 257 g/mol. The molecule has 0 spiro atoms. The van der Waals surface area contributed by atoms with Gasteiger partial charge in [0.25, 0.3) is 0 Å². The van der Waals surface area contributed by atoms with Crippen molar-refractivity contribution in [1.82, 2.24) is 0 Å². The minimum Gasteiger partial charge on any atom is -0.0840 e. The molecule has 0 bridgehead atoms. The number of fused-ring (bicyclic) bond motifs is 2. The van der Waals surface area contributed by atoms with Crippen molar-refractivity contribution in [2.75, 3.05) is 0 Å². The van der Waals surface area contributed by atoms with Crippen molar-refractivity contribution in [3.05, 3.63) is 69.7 Å². The lowest BCUT2D eigenvalue weighted by atomic mass is 9.83. The summed E-state index contributed by atoms with van der Waals surface area (Å²) in [5.74, 6) is 0.542. The molecule has 2 aromatic carbocycles. The van der Waals surface area contributed by atoms with Gasteiger partial charge in [-0.15, -0.1) is 0 Å². The van der Waals surface area contributed by atoms with Gasteiger partial charge in [0.05, 0.1) is 0 Å². The second-order valence-electron chi connectivity index (χ2n) is 5.18. The first-order valence-electron chi connectivity index (χ1n) is 6.60. The van der Waals surface area contributed by atoms with Crippen LogP contribution in [0.1, 0.15) is 35.1 Å². The molecule has 0 aromatic heterocycles. The lowest BCUT2D eigenvalue weighted by molar-refractivity contribution is 0.717. The molecule has 1 heteroatoms. The first-order valence-corrected chi connectivity index (χ1v) is 6.97. The lowest BCUT2D eigenvalue weighted by Crippen LogP contribution is -2.10. The van der Waals surface area contributed by atoms with E-state index in [1.54, 1.807) is 0 Å². The Morgan fingerprint density at radius 1 is 0.944 bits per heavy atom. The quantitative estimate of drug-likeness (QED) is 0.636. The fourth-order valence-corrected chi connectivity index (χ4v) is 3.28. The highest BCUT2D eigenvalue weighted by atomic mass is 35.5. The summed E-state index contributed by atoms with van der Waals surface area (Å²) in [5.41, 5.74) is 5.75. The van der Waals surface area contributed by atoms with Crippen LogP contribution in [0.25, 0.3) is 0 Å². The van der Waals surface area contributed by atoms with Crippen molar-refractivity contribution < 1.29 is 0 Å². The van der Waals surface area contributed by atoms with Crippen LogP contribution in [0, 0.1) is 0 Å². The summed E-state index contributed by atoms with van der Waals surface area (Å²) < 4.78 is 0. The monoisotopic (exact) mass is 256 g/mol. The number of aryl methyl sites for hydroxylation is 1. The maximum absolute atomic E-state index is 6.36. The number of benzene rings is 2. The first-order chi connectivity index (χ1) is 8.75. The second kappa shape index (κ2) is 4.78. The fourth-order valence-electron chi connectivity index (χ4n) is 3.00. The molecular weight excluding hydrogens is 240 g/mol. The van der Waals surface area contributed by atoms with Crippen LogP contribution in [0.15, 0.2) is 42.5 Å². The molecule has 0 fully saturated rings. The smallest absolute Gasteiger partial charge is 0.0440 e. The molecule has 0 amide bonds. The van der Waals surface area contributed by atoms with E-state index >= 15 is 0 Å². The third-order valence-corrected chi connectivity index (χ3v) is 4.33. The molecule has 1 aliphatic carbocycles. The summed E-state index contributed by atoms with van der Waals surface area (Å²) in [6.07, 6.45) is 3.26. The molecule has 0 nitrogen and oxygen atoms in total. The SMILES string of the molecule is CC1Cc2ccccc2CCc2c(Cl)cccc21. The molecule has 2 aromatic rings. The number of halogens is 1. The average Bonchev–Trinajstić information content (AvgIpc) is 2.36. The third kappa shape index (κ3) is 2.06. The molecule has 0 saturated heterocycles. The van der Waals surface area contributed by atoms with Gasteiger partial charge in [-0.3, -0.25) is 0 Å². The highest BCUT2D eigenvalue weighted by Gasteiger charge is 2.18. The van der Waals surface area contributed by atoms with E-state index in [1.807, 2.05) is 6.07 Å². The van der Waals surface area contributed by atoms with Crippen LogP contribution in [-0.4, -0.2) is 0 Å². The molecule has 92 valence electrons. The van der Waals surface area contributed by atoms with Crippen molar-refractivity contribution in [2.24, 2.45) is 0 Å². The van der Waals surface area contributed by atoms with Crippen LogP contribution in [0.5, 0.6) is 0 Å². The van der Waals surface area contributed by atoms with Gasteiger partial charge in [-0.05, 0) is 53.5 Å². The van der Waals surface area contributed by atoms with Crippen molar-refractivity contribution in [3.8, 4) is 0 Å². The Morgan fingerprint density at radius 3 is 2.56 bits per heavy atom. The van der Waals surface area contributed by atoms with E-state index in [9.17, 15) is 0 Å². The standard InChI is InChI=1S/C17H17Cl/c1-12-11-14-6-3-2-5-13(14)9-10-16-15(12)7-4-8-17(16)18/h2-8,12H,9-11H2,1H3. The van der Waals surface area contributed by atoms with Crippen LogP contribution in [-0.2, 0) is 19.3 Å². The zero-order valence-corrected chi connectivity index (χ0v) is 11.4. The number of hydrogen-bond acceptors (Lipinski definition) is 0. The topological polar surface area (TPSA) is 0 Å². The zero-order chi connectivity index (χ0) is 12.5. The van der Waals surface area contributed by atoms with Gasteiger partial charge in [-0.1, -0.05) is 54.9 Å². The Labute approximate surface area is 114 Å². The van der Waals surface area contributed by atoms with Crippen LogP contribution >= 0.6 is 11.6 Å². The van der Waals surface area contributed by atoms with Crippen molar-refractivity contribution in [1.29, 1.82) is 0 Å². The van der Waals surface area contributed by atoms with E-state index in [1.165, 1.54) is 22.3 Å². The molecule has 1 atom stereocenters. The largest absolute Gasteiger partial charge is 0.0840 e. The van der Waals surface area contributed by atoms with E-state index in [2.05, 4.69) is 43.3 Å². The Hall–Kier alpha value is -1.27. The van der Waals surface area contributed by atoms with Crippen LogP contribution in [0.4, 0.5) is 0 Å². The summed E-state index contributed by atoms with van der Waals surface area (Å²) >= 11 is 6.36. The molecule has 1 unspecified atom stereocenters. The van der Waals surface area contributed by atoms with Gasteiger partial charge in [0.2, 0.25) is 0 Å². The lowest BCUT2D eigenvalue weighted by Gasteiger charge is -2.23. The summed E-state index contributed by atoms with van der Waals surface area (Å²) in [5, 5.41) is 0.929. The number of hydrogen-bond donors (Lipinski definition) is 0. The summed E-state index contributed by atoms with van der Waals surface area (Å²) in [6, 6.07) is 15.1. The van der Waals surface area contributed by atoms with E-state index < -0.39 is 0 Å². The number of rotatable bonds is 0. The van der Waals surface area contributed by atoms with Gasteiger partial charge < -0.3 is 0 Å². The third-order valence-electron chi connectivity index (χ3n) is 3.97. The molecule has 1 aliphatic rings. The maximum atomic E-state index is 6.36. The highest BCUT2D eigenvalue weighted by molar-refractivity contribution is 6.31. The van der Waals surface area contributed by atoms with E-state index in [4.69, 9.17) is 11.6 Å². The highest BCUT2D eigenvalue weighted by Crippen LogP contribution is 2.32. The van der Waals surface area contributed by atoms with Gasteiger partial charge in [-0.25, -0.2) is 0 Å². The molecule has 3 rings (SSSR count). The zero-order valence-electron chi connectivity index (χ0n) is 10.6. The summed E-state index contributed by atoms with van der Waals surface area (Å²) in [6.45, 7) is 2.30. The molecular formula is C17H17Cl. The summed E-state index contributed by atoms with van der Waals surface area (Å²) in [4.78, 5) is 0. The minimum atomic E-state index is 0.542. The normalized spacial score (nSPS) is 18.4. The fraction of sp³-hybridized carbons (Fsp3) is 0.294. The van der Waals surface area contributed by atoms with E-state index in [-0.39, 0.29) is 0 Å². The Balaban J connectivity index is 2.07. The molecule has 0 heterocycles. The van der Waals surface area contributed by atoms with Gasteiger partial charge in [0.15, 0.2) is 0 Å². The van der Waals surface area contributed by atoms with E-state index in [0.29, 0.717) is 5.92 Å². The first kappa shape index (κ1) is 11.8. The maximum Gasteiger partial charge on any atom is 0.0440 e. The predicted molar refractivity (Wildman–Crippen MR) is 77.4 cm³/mol. The molecule has 0 radical (unpaired) electrons. The van der Waals surface area contributed by atoms with Gasteiger partial charge in [-0.2, -0.15) is 0 Å². The van der Waals surface area contributed by atoms with Gasteiger partial charge >= 0.3 is 0 Å². The molecule has 18 heavy (non-hydrogen) atoms. The van der Waals surface area contributed by atoms with E-state index in [0.717, 1.165) is 24.3 Å². The molecule has 0 saturated carbocycles. The Kier molecular flexibility index (Phi) is 3.13. The van der Waals surface area contributed by atoms with Crippen LogP contribution in [0.2, 0.25) is 5.02 Å². The molecule has 0 N–H and O–H groups in total. The molecule has 0 aliphatic heterocycles. The van der Waals surface area contributed by atoms with Gasteiger partial charge in [0, 0.05) is 5.02 Å². The Morgan fingerprint density at radius 2 is 1.72 bits per heavy atom. The van der Waals surface area contributed by atoms with Crippen molar-refractivity contribution in [3.63, 3.8) is 0 Å². The van der Waals surface area contributed by atoms with Crippen LogP contribution < -0.4 is 0 Å². The van der Waals surface area contributed by atoms with Gasteiger partial charge in [0.1, 0.15) is 0 Å². The summed E-state index contributed by atoms with van der Waals surface area (Å²) in [7, 11) is 0. The Bertz CT molecular complexity index is 572. The van der Waals surface area contributed by atoms with Crippen molar-refractivity contribution >= 4 is 11.6 Å².